The molecule has 0 bridgehead atoms. The van der Waals surface area contributed by atoms with E-state index in [1.165, 1.54) is 24.5 Å². The average Bonchev–Trinajstić information content (AvgIpc) is 2.34. The van der Waals surface area contributed by atoms with Crippen molar-refractivity contribution in [1.29, 1.82) is 0 Å². The molecule has 94 valence electrons. The summed E-state index contributed by atoms with van der Waals surface area (Å²) in [6, 6.07) is 4.09. The van der Waals surface area contributed by atoms with Crippen molar-refractivity contribution >= 4 is 34.8 Å². The molecule has 0 aliphatic rings. The van der Waals surface area contributed by atoms with E-state index in [-0.39, 0.29) is 22.3 Å². The van der Waals surface area contributed by atoms with Gasteiger partial charge in [0, 0.05) is 10.6 Å². The van der Waals surface area contributed by atoms with Crippen LogP contribution in [0.5, 0.6) is 0 Å². The number of halogens is 4. The third kappa shape index (κ3) is 2.66. The minimum absolute atomic E-state index is 0.0187. The molecule has 0 spiro atoms. The molecular weight excluding hydrogens is 301 g/mol. The van der Waals surface area contributed by atoms with E-state index < -0.39 is 11.4 Å². The van der Waals surface area contributed by atoms with Gasteiger partial charge in [0.05, 0.1) is 12.9 Å². The van der Waals surface area contributed by atoms with Crippen molar-refractivity contribution in [2.45, 2.75) is 6.54 Å². The van der Waals surface area contributed by atoms with Crippen molar-refractivity contribution in [3.05, 3.63) is 61.5 Å². The third-order valence-electron chi connectivity index (χ3n) is 2.29. The number of rotatable bonds is 2. The van der Waals surface area contributed by atoms with Crippen LogP contribution >= 0.6 is 34.8 Å². The van der Waals surface area contributed by atoms with Crippen LogP contribution in [0.4, 0.5) is 4.39 Å². The fourth-order valence-electron chi connectivity index (χ4n) is 1.40. The SMILES string of the molecule is O=c1c(Cl)c(Cl)ncn1Cc1cc(Cl)ccc1F. The van der Waals surface area contributed by atoms with E-state index in [1.807, 2.05) is 0 Å². The summed E-state index contributed by atoms with van der Waals surface area (Å²) in [6.45, 7) is -0.0187. The molecule has 1 heterocycles. The maximum atomic E-state index is 13.5. The lowest BCUT2D eigenvalue weighted by Crippen LogP contribution is -2.22. The summed E-state index contributed by atoms with van der Waals surface area (Å²) in [5.74, 6) is -0.461. The summed E-state index contributed by atoms with van der Waals surface area (Å²) >= 11 is 17.0. The topological polar surface area (TPSA) is 34.9 Å². The first-order valence-electron chi connectivity index (χ1n) is 4.83. The van der Waals surface area contributed by atoms with E-state index in [9.17, 15) is 9.18 Å². The van der Waals surface area contributed by atoms with Crippen LogP contribution in [0.3, 0.4) is 0 Å². The van der Waals surface area contributed by atoms with Gasteiger partial charge in [-0.15, -0.1) is 0 Å². The van der Waals surface area contributed by atoms with E-state index in [0.717, 1.165) is 4.57 Å². The van der Waals surface area contributed by atoms with E-state index in [2.05, 4.69) is 4.98 Å². The first-order chi connectivity index (χ1) is 8.49. The fraction of sp³-hybridized carbons (Fsp3) is 0.0909. The zero-order chi connectivity index (χ0) is 13.3. The van der Waals surface area contributed by atoms with Gasteiger partial charge in [0.25, 0.3) is 5.56 Å². The molecule has 0 radical (unpaired) electrons. The van der Waals surface area contributed by atoms with Crippen LogP contribution in [-0.2, 0) is 6.54 Å². The molecule has 0 saturated heterocycles. The summed E-state index contributed by atoms with van der Waals surface area (Å²) in [6.07, 6.45) is 1.21. The van der Waals surface area contributed by atoms with Crippen LogP contribution in [0.2, 0.25) is 15.2 Å². The van der Waals surface area contributed by atoms with Gasteiger partial charge in [-0.1, -0.05) is 34.8 Å². The molecule has 18 heavy (non-hydrogen) atoms. The molecule has 0 amide bonds. The molecule has 0 saturated carbocycles. The van der Waals surface area contributed by atoms with E-state index in [4.69, 9.17) is 34.8 Å². The van der Waals surface area contributed by atoms with Crippen LogP contribution < -0.4 is 5.56 Å². The molecule has 1 aromatic heterocycles. The molecule has 2 aromatic rings. The van der Waals surface area contributed by atoms with Crippen LogP contribution in [0.1, 0.15) is 5.56 Å². The fourth-order valence-corrected chi connectivity index (χ4v) is 1.88. The number of nitrogens with zero attached hydrogens (tertiary/aromatic N) is 2. The number of hydrogen-bond acceptors (Lipinski definition) is 2. The Labute approximate surface area is 117 Å². The predicted octanol–water partition coefficient (Wildman–Crippen LogP) is 3.39. The smallest absolute Gasteiger partial charge is 0.273 e. The Morgan fingerprint density at radius 3 is 2.72 bits per heavy atom. The Kier molecular flexibility index (Phi) is 3.90. The molecule has 2 rings (SSSR count). The van der Waals surface area contributed by atoms with Gasteiger partial charge in [-0.05, 0) is 18.2 Å². The van der Waals surface area contributed by atoms with Gasteiger partial charge in [-0.2, -0.15) is 0 Å². The maximum absolute atomic E-state index is 13.5. The Morgan fingerprint density at radius 2 is 2.00 bits per heavy atom. The maximum Gasteiger partial charge on any atom is 0.273 e. The molecule has 0 atom stereocenters. The second kappa shape index (κ2) is 5.26. The summed E-state index contributed by atoms with van der Waals surface area (Å²) < 4.78 is 14.7. The zero-order valence-corrected chi connectivity index (χ0v) is 11.1. The van der Waals surface area contributed by atoms with E-state index in [1.54, 1.807) is 0 Å². The van der Waals surface area contributed by atoms with Gasteiger partial charge >= 0.3 is 0 Å². The number of aromatic nitrogens is 2. The molecule has 0 fully saturated rings. The van der Waals surface area contributed by atoms with Crippen molar-refractivity contribution in [2.24, 2.45) is 0 Å². The first-order valence-corrected chi connectivity index (χ1v) is 5.97. The van der Waals surface area contributed by atoms with Crippen LogP contribution in [0, 0.1) is 5.82 Å². The average molecular weight is 308 g/mol. The van der Waals surface area contributed by atoms with Crippen molar-refractivity contribution in [1.82, 2.24) is 9.55 Å². The normalized spacial score (nSPS) is 10.7. The molecule has 0 aliphatic heterocycles. The number of hydrogen-bond donors (Lipinski definition) is 0. The second-order valence-corrected chi connectivity index (χ2v) is 4.69. The Morgan fingerprint density at radius 1 is 1.28 bits per heavy atom. The van der Waals surface area contributed by atoms with Crippen molar-refractivity contribution < 1.29 is 4.39 Å². The third-order valence-corrected chi connectivity index (χ3v) is 3.25. The van der Waals surface area contributed by atoms with Gasteiger partial charge in [0.15, 0.2) is 5.15 Å². The first kappa shape index (κ1) is 13.3. The van der Waals surface area contributed by atoms with Gasteiger partial charge in [-0.3, -0.25) is 9.36 Å². The minimum Gasteiger partial charge on any atom is -0.293 e. The highest BCUT2D eigenvalue weighted by molar-refractivity contribution is 6.40. The summed E-state index contributed by atoms with van der Waals surface area (Å²) in [5, 5.41) is 0.110. The van der Waals surface area contributed by atoms with Gasteiger partial charge in [-0.25, -0.2) is 9.37 Å². The molecule has 0 unspecified atom stereocenters. The van der Waals surface area contributed by atoms with Crippen molar-refractivity contribution in [3.8, 4) is 0 Å². The molecule has 0 aliphatic carbocycles. The van der Waals surface area contributed by atoms with Crippen LogP contribution in [-0.4, -0.2) is 9.55 Å². The molecule has 1 aromatic carbocycles. The highest BCUT2D eigenvalue weighted by Gasteiger charge is 2.10. The van der Waals surface area contributed by atoms with Crippen LogP contribution in [0.25, 0.3) is 0 Å². The van der Waals surface area contributed by atoms with Gasteiger partial charge in [0.2, 0.25) is 0 Å². The zero-order valence-electron chi connectivity index (χ0n) is 8.83. The van der Waals surface area contributed by atoms with Crippen molar-refractivity contribution in [2.75, 3.05) is 0 Å². The summed E-state index contributed by atoms with van der Waals surface area (Å²) in [5.41, 5.74) is -0.263. The standard InChI is InChI=1S/C11H6Cl3FN2O/c12-7-1-2-8(15)6(3-7)4-17-5-16-10(14)9(13)11(17)18/h1-3,5H,4H2. The monoisotopic (exact) mass is 306 g/mol. The lowest BCUT2D eigenvalue weighted by Gasteiger charge is -2.07. The quantitative estimate of drug-likeness (QED) is 0.797. The highest BCUT2D eigenvalue weighted by Crippen LogP contribution is 2.17. The molecule has 0 N–H and O–H groups in total. The predicted molar refractivity (Wildman–Crippen MR) is 69.0 cm³/mol. The second-order valence-electron chi connectivity index (χ2n) is 3.52. The highest BCUT2D eigenvalue weighted by atomic mass is 35.5. The molecule has 7 heteroatoms. The van der Waals surface area contributed by atoms with Crippen molar-refractivity contribution in [3.63, 3.8) is 0 Å². The van der Waals surface area contributed by atoms with E-state index >= 15 is 0 Å². The Balaban J connectivity index is 2.44. The van der Waals surface area contributed by atoms with Gasteiger partial charge in [0.1, 0.15) is 10.8 Å². The number of benzene rings is 1. The summed E-state index contributed by atoms with van der Waals surface area (Å²) in [7, 11) is 0. The molecule has 3 nitrogen and oxygen atoms in total. The lowest BCUT2D eigenvalue weighted by atomic mass is 10.2. The Hall–Kier alpha value is -1.10. The van der Waals surface area contributed by atoms with E-state index in [0.29, 0.717) is 5.02 Å². The minimum atomic E-state index is -0.531. The lowest BCUT2D eigenvalue weighted by molar-refractivity contribution is 0.594. The molecular formula is C11H6Cl3FN2O. The van der Waals surface area contributed by atoms with Crippen LogP contribution in [0.15, 0.2) is 29.3 Å². The Bertz CT molecular complexity index is 657. The largest absolute Gasteiger partial charge is 0.293 e. The van der Waals surface area contributed by atoms with Gasteiger partial charge < -0.3 is 0 Å². The summed E-state index contributed by atoms with van der Waals surface area (Å²) in [4.78, 5) is 15.5.